The van der Waals surface area contributed by atoms with Crippen molar-refractivity contribution in [2.45, 2.75) is 230 Å². The van der Waals surface area contributed by atoms with Crippen LogP contribution in [0.2, 0.25) is 0 Å². The molecule has 0 bridgehead atoms. The third-order valence-corrected chi connectivity index (χ3v) is 11.5. The minimum atomic E-state index is -5.11. The summed E-state index contributed by atoms with van der Waals surface area (Å²) in [6.45, 7) is 3.25. The van der Waals surface area contributed by atoms with E-state index >= 15 is 0 Å². The molecule has 0 aromatic carbocycles. The Morgan fingerprint density at radius 2 is 0.931 bits per heavy atom. The predicted octanol–water partition coefficient (Wildman–Crippen LogP) is 8.45. The molecule has 1 fully saturated rings. The molecule has 0 aliphatic heterocycles. The van der Waals surface area contributed by atoms with E-state index in [1.165, 1.54) is 89.9 Å². The van der Waals surface area contributed by atoms with Crippen LogP contribution in [0.1, 0.15) is 187 Å². The highest BCUT2D eigenvalue weighted by Gasteiger charge is 2.51. The molecule has 0 radical (unpaired) electrons. The SMILES string of the molecule is CCCCC/C=C/C/C=C/CCCCCCCCCCCC(=O)O[C@H](COC(=O)CCCCCCCCCCCC)COP(=O)(O)OC1C(O)C(O)C(O)[C@H](O)C1O. The van der Waals surface area contributed by atoms with Crippen LogP contribution in [0.5, 0.6) is 0 Å². The Bertz CT molecular complexity index is 1120. The quantitative estimate of drug-likeness (QED) is 0.0150. The van der Waals surface area contributed by atoms with Crippen LogP contribution < -0.4 is 0 Å². The highest BCUT2D eigenvalue weighted by molar-refractivity contribution is 7.47. The maximum Gasteiger partial charge on any atom is 0.472 e. The Morgan fingerprint density at radius 1 is 0.534 bits per heavy atom. The zero-order valence-electron chi connectivity index (χ0n) is 35.8. The second-order valence-corrected chi connectivity index (χ2v) is 17.3. The summed E-state index contributed by atoms with van der Waals surface area (Å²) in [5, 5.41) is 50.1. The van der Waals surface area contributed by atoms with E-state index in [1.807, 2.05) is 0 Å². The van der Waals surface area contributed by atoms with E-state index in [1.54, 1.807) is 0 Å². The lowest BCUT2D eigenvalue weighted by Gasteiger charge is -2.41. The molecule has 13 nitrogen and oxygen atoms in total. The molecule has 6 unspecified atom stereocenters. The highest BCUT2D eigenvalue weighted by Crippen LogP contribution is 2.47. The number of carbonyl (C=O) groups excluding carboxylic acids is 2. The number of rotatable bonds is 37. The summed E-state index contributed by atoms with van der Waals surface area (Å²) in [7, 11) is -5.11. The first-order chi connectivity index (χ1) is 27.9. The van der Waals surface area contributed by atoms with Crippen molar-refractivity contribution in [2.75, 3.05) is 13.2 Å². The molecule has 1 aliphatic carbocycles. The Kier molecular flexibility index (Phi) is 32.8. The number of carbonyl (C=O) groups is 2. The molecular weight excluding hydrogens is 767 g/mol. The first-order valence-electron chi connectivity index (χ1n) is 22.6. The number of hydrogen-bond donors (Lipinski definition) is 6. The lowest BCUT2D eigenvalue weighted by Crippen LogP contribution is -2.64. The monoisotopic (exact) mass is 849 g/mol. The van der Waals surface area contributed by atoms with Crippen molar-refractivity contribution in [1.82, 2.24) is 0 Å². The normalized spacial score (nSPS) is 22.7. The maximum absolute atomic E-state index is 12.8. The van der Waals surface area contributed by atoms with E-state index < -0.39 is 75.7 Å². The fourth-order valence-electron chi connectivity index (χ4n) is 6.85. The molecule has 6 N–H and O–H groups in total. The first kappa shape index (κ1) is 54.3. The summed E-state index contributed by atoms with van der Waals surface area (Å²) < 4.78 is 33.5. The van der Waals surface area contributed by atoms with Crippen molar-refractivity contribution in [3.05, 3.63) is 24.3 Å². The second kappa shape index (κ2) is 35.0. The molecule has 0 saturated heterocycles. The number of aliphatic hydroxyl groups excluding tert-OH is 5. The van der Waals surface area contributed by atoms with Crippen LogP contribution in [0.4, 0.5) is 0 Å². The molecule has 1 aliphatic rings. The summed E-state index contributed by atoms with van der Waals surface area (Å²) in [6, 6.07) is 0. The van der Waals surface area contributed by atoms with Gasteiger partial charge in [0.25, 0.3) is 0 Å². The fourth-order valence-corrected chi connectivity index (χ4v) is 7.82. The van der Waals surface area contributed by atoms with Crippen molar-refractivity contribution in [3.8, 4) is 0 Å². The molecule has 340 valence electrons. The van der Waals surface area contributed by atoms with Crippen molar-refractivity contribution >= 4 is 19.8 Å². The lowest BCUT2D eigenvalue weighted by molar-refractivity contribution is -0.220. The molecule has 0 aromatic rings. The summed E-state index contributed by atoms with van der Waals surface area (Å²) in [5.74, 6) is -1.10. The predicted molar refractivity (Wildman–Crippen MR) is 226 cm³/mol. The Balaban J connectivity index is 2.44. The first-order valence-corrected chi connectivity index (χ1v) is 24.1. The van der Waals surface area contributed by atoms with Gasteiger partial charge in [0.05, 0.1) is 6.61 Å². The van der Waals surface area contributed by atoms with Crippen molar-refractivity contribution in [2.24, 2.45) is 0 Å². The average Bonchev–Trinajstić information content (AvgIpc) is 3.20. The number of allylic oxidation sites excluding steroid dienone is 4. The van der Waals surface area contributed by atoms with E-state index in [9.17, 15) is 44.6 Å². The highest BCUT2D eigenvalue weighted by atomic mass is 31.2. The van der Waals surface area contributed by atoms with Gasteiger partial charge in [-0.3, -0.25) is 18.6 Å². The van der Waals surface area contributed by atoms with E-state index in [0.717, 1.165) is 57.8 Å². The van der Waals surface area contributed by atoms with Gasteiger partial charge in [-0.1, -0.05) is 154 Å². The molecule has 1 saturated carbocycles. The van der Waals surface area contributed by atoms with Crippen LogP contribution in [0.25, 0.3) is 0 Å². The van der Waals surface area contributed by atoms with Gasteiger partial charge in [0.15, 0.2) is 6.10 Å². The fraction of sp³-hybridized carbons (Fsp3) is 0.864. The number of unbranched alkanes of at least 4 members (excludes halogenated alkanes) is 21. The topological polar surface area (TPSA) is 210 Å². The summed E-state index contributed by atoms with van der Waals surface area (Å²) in [5.41, 5.74) is 0. The third kappa shape index (κ3) is 27.2. The maximum atomic E-state index is 12.8. The van der Waals surface area contributed by atoms with Crippen molar-refractivity contribution in [3.63, 3.8) is 0 Å². The minimum absolute atomic E-state index is 0.0943. The van der Waals surface area contributed by atoms with Crippen LogP contribution in [0.15, 0.2) is 24.3 Å². The third-order valence-electron chi connectivity index (χ3n) is 10.5. The van der Waals surface area contributed by atoms with E-state index in [0.29, 0.717) is 12.8 Å². The molecule has 0 amide bonds. The van der Waals surface area contributed by atoms with Gasteiger partial charge < -0.3 is 39.9 Å². The standard InChI is InChI=1S/C44H81O13P/c1-3-5-7-9-11-13-15-16-17-18-19-20-21-22-23-25-27-29-31-33-38(46)56-36(34-54-37(45)32-30-28-26-24-14-12-10-8-6-4-2)35-55-58(52,53)57-44-42(50)40(48)39(47)41(49)43(44)51/h11,13,16-17,36,39-44,47-51H,3-10,12,14-15,18-35H2,1-2H3,(H,52,53)/b13-11+,17-16+/t36-,39?,40+,41?,42?,43?,44?/m1/s1. The van der Waals surface area contributed by atoms with Gasteiger partial charge in [0.2, 0.25) is 0 Å². The van der Waals surface area contributed by atoms with Gasteiger partial charge >= 0.3 is 19.8 Å². The summed E-state index contributed by atoms with van der Waals surface area (Å²) >= 11 is 0. The van der Waals surface area contributed by atoms with Crippen LogP contribution in [-0.2, 0) is 32.7 Å². The number of phosphoric ester groups is 1. The summed E-state index contributed by atoms with van der Waals surface area (Å²) in [4.78, 5) is 35.6. The van der Waals surface area contributed by atoms with Crippen LogP contribution in [-0.4, -0.2) is 98.3 Å². The van der Waals surface area contributed by atoms with Gasteiger partial charge in [-0.2, -0.15) is 0 Å². The molecule has 0 aromatic heterocycles. The van der Waals surface area contributed by atoms with E-state index in [4.69, 9.17) is 18.5 Å². The number of hydrogen-bond acceptors (Lipinski definition) is 12. The number of aliphatic hydroxyl groups is 5. The zero-order valence-corrected chi connectivity index (χ0v) is 36.7. The van der Waals surface area contributed by atoms with E-state index in [-0.39, 0.29) is 12.8 Å². The molecule has 8 atom stereocenters. The smallest absolute Gasteiger partial charge is 0.462 e. The van der Waals surface area contributed by atoms with Gasteiger partial charge in [0.1, 0.15) is 43.2 Å². The van der Waals surface area contributed by atoms with Crippen LogP contribution >= 0.6 is 7.82 Å². The molecule has 1 rings (SSSR count). The zero-order chi connectivity index (χ0) is 42.9. The van der Waals surface area contributed by atoms with E-state index in [2.05, 4.69) is 38.2 Å². The molecule has 58 heavy (non-hydrogen) atoms. The number of phosphoric acid groups is 1. The molecule has 14 heteroatoms. The lowest BCUT2D eigenvalue weighted by atomic mass is 9.85. The molecular formula is C44H81O13P. The second-order valence-electron chi connectivity index (χ2n) is 15.9. The number of ether oxygens (including phenoxy) is 2. The average molecular weight is 849 g/mol. The van der Waals surface area contributed by atoms with Gasteiger partial charge in [0, 0.05) is 12.8 Å². The Morgan fingerprint density at radius 3 is 1.43 bits per heavy atom. The summed E-state index contributed by atoms with van der Waals surface area (Å²) in [6.07, 6.45) is 23.8. The van der Waals surface area contributed by atoms with Gasteiger partial charge in [-0.15, -0.1) is 0 Å². The van der Waals surface area contributed by atoms with Gasteiger partial charge in [-0.05, 0) is 44.9 Å². The van der Waals surface area contributed by atoms with Crippen molar-refractivity contribution in [1.29, 1.82) is 0 Å². The molecule has 0 spiro atoms. The molecule has 0 heterocycles. The van der Waals surface area contributed by atoms with Crippen LogP contribution in [0.3, 0.4) is 0 Å². The van der Waals surface area contributed by atoms with Crippen LogP contribution in [0, 0.1) is 0 Å². The Hall–Kier alpha value is -1.67. The van der Waals surface area contributed by atoms with Crippen molar-refractivity contribution < 1.29 is 63.1 Å². The Labute approximate surface area is 349 Å². The number of esters is 2. The minimum Gasteiger partial charge on any atom is -0.462 e. The van der Waals surface area contributed by atoms with Gasteiger partial charge in [-0.25, -0.2) is 4.57 Å². The largest absolute Gasteiger partial charge is 0.472 e.